The molecule has 0 fully saturated rings. The van der Waals surface area contributed by atoms with Gasteiger partial charge in [0.25, 0.3) is 0 Å². The van der Waals surface area contributed by atoms with Gasteiger partial charge in [-0.05, 0) is 24.6 Å². The van der Waals surface area contributed by atoms with Crippen molar-refractivity contribution in [2.24, 2.45) is 0 Å². The first-order valence-corrected chi connectivity index (χ1v) is 6.23. The molecule has 1 aromatic rings. The molecular formula is C15H21NO3. The molecule has 1 aromatic carbocycles. The average Bonchev–Trinajstić information content (AvgIpc) is 2.38. The van der Waals surface area contributed by atoms with Crippen molar-refractivity contribution < 1.29 is 14.3 Å². The predicted molar refractivity (Wildman–Crippen MR) is 75.3 cm³/mol. The van der Waals surface area contributed by atoms with Gasteiger partial charge in [-0.15, -0.1) is 0 Å². The second kappa shape index (κ2) is 8.32. The largest absolute Gasteiger partial charge is 0.497 e. The topological polar surface area (TPSA) is 47.6 Å². The molecule has 19 heavy (non-hydrogen) atoms. The van der Waals surface area contributed by atoms with Crippen molar-refractivity contribution in [2.75, 3.05) is 26.9 Å². The Morgan fingerprint density at radius 3 is 2.89 bits per heavy atom. The lowest BCUT2D eigenvalue weighted by molar-refractivity contribution is -0.120. The van der Waals surface area contributed by atoms with Gasteiger partial charge in [0.1, 0.15) is 5.75 Å². The summed E-state index contributed by atoms with van der Waals surface area (Å²) in [5.41, 5.74) is 1.91. The molecule has 0 unspecified atom stereocenters. The van der Waals surface area contributed by atoms with Gasteiger partial charge in [0.2, 0.25) is 5.91 Å². The normalized spacial score (nSPS) is 10.0. The number of carbonyl (C=O) groups excluding carboxylic acids is 1. The van der Waals surface area contributed by atoms with E-state index in [2.05, 4.69) is 11.9 Å². The van der Waals surface area contributed by atoms with Crippen molar-refractivity contribution in [3.05, 3.63) is 42.0 Å². The standard InChI is InChI=1S/C15H21NO3/c1-12(2)11-19-8-7-16-15(17)10-13-5-4-6-14(9-13)18-3/h4-6,9H,1,7-8,10-11H2,2-3H3,(H,16,17). The van der Waals surface area contributed by atoms with Crippen molar-refractivity contribution in [3.8, 4) is 5.75 Å². The highest BCUT2D eigenvalue weighted by molar-refractivity contribution is 5.78. The van der Waals surface area contributed by atoms with E-state index in [0.717, 1.165) is 16.9 Å². The van der Waals surface area contributed by atoms with Crippen molar-refractivity contribution in [2.45, 2.75) is 13.3 Å². The maximum Gasteiger partial charge on any atom is 0.224 e. The molecule has 0 aliphatic rings. The van der Waals surface area contributed by atoms with Gasteiger partial charge >= 0.3 is 0 Å². The third-order valence-corrected chi connectivity index (χ3v) is 2.42. The first-order valence-electron chi connectivity index (χ1n) is 6.23. The lowest BCUT2D eigenvalue weighted by atomic mass is 10.1. The van der Waals surface area contributed by atoms with Gasteiger partial charge in [-0.2, -0.15) is 0 Å². The number of hydrogen-bond donors (Lipinski definition) is 1. The highest BCUT2D eigenvalue weighted by Crippen LogP contribution is 2.12. The molecule has 104 valence electrons. The summed E-state index contributed by atoms with van der Waals surface area (Å²) >= 11 is 0. The van der Waals surface area contributed by atoms with E-state index in [1.165, 1.54) is 0 Å². The third kappa shape index (κ3) is 6.62. The van der Waals surface area contributed by atoms with Crippen molar-refractivity contribution >= 4 is 5.91 Å². The molecular weight excluding hydrogens is 242 g/mol. The van der Waals surface area contributed by atoms with Crippen LogP contribution in [0, 0.1) is 0 Å². The molecule has 0 saturated heterocycles. The summed E-state index contributed by atoms with van der Waals surface area (Å²) in [7, 11) is 1.61. The summed E-state index contributed by atoms with van der Waals surface area (Å²) in [5, 5.41) is 2.81. The van der Waals surface area contributed by atoms with Crippen LogP contribution in [0.25, 0.3) is 0 Å². The maximum absolute atomic E-state index is 11.7. The van der Waals surface area contributed by atoms with Crippen LogP contribution in [0.4, 0.5) is 0 Å². The van der Waals surface area contributed by atoms with Gasteiger partial charge in [0.15, 0.2) is 0 Å². The van der Waals surface area contributed by atoms with E-state index in [4.69, 9.17) is 9.47 Å². The molecule has 0 aliphatic heterocycles. The Morgan fingerprint density at radius 1 is 1.42 bits per heavy atom. The van der Waals surface area contributed by atoms with Crippen LogP contribution >= 0.6 is 0 Å². The monoisotopic (exact) mass is 263 g/mol. The molecule has 4 heteroatoms. The van der Waals surface area contributed by atoms with Gasteiger partial charge in [-0.3, -0.25) is 4.79 Å². The minimum atomic E-state index is -0.0211. The third-order valence-electron chi connectivity index (χ3n) is 2.42. The fourth-order valence-electron chi connectivity index (χ4n) is 1.54. The van der Waals surface area contributed by atoms with Crippen LogP contribution < -0.4 is 10.1 Å². The van der Waals surface area contributed by atoms with E-state index >= 15 is 0 Å². The van der Waals surface area contributed by atoms with Gasteiger partial charge in [0.05, 0.1) is 26.7 Å². The average molecular weight is 263 g/mol. The van der Waals surface area contributed by atoms with Crippen molar-refractivity contribution in [1.82, 2.24) is 5.32 Å². The highest BCUT2D eigenvalue weighted by Gasteiger charge is 2.03. The lowest BCUT2D eigenvalue weighted by Crippen LogP contribution is -2.28. The summed E-state index contributed by atoms with van der Waals surface area (Å²) in [5.74, 6) is 0.738. The van der Waals surface area contributed by atoms with Crippen LogP contribution in [0.2, 0.25) is 0 Å². The molecule has 1 rings (SSSR count). The number of amides is 1. The van der Waals surface area contributed by atoms with Crippen LogP contribution in [-0.4, -0.2) is 32.8 Å². The van der Waals surface area contributed by atoms with E-state index in [1.807, 2.05) is 31.2 Å². The number of ether oxygens (including phenoxy) is 2. The van der Waals surface area contributed by atoms with Crippen molar-refractivity contribution in [3.63, 3.8) is 0 Å². The van der Waals surface area contributed by atoms with E-state index in [9.17, 15) is 4.79 Å². The van der Waals surface area contributed by atoms with Crippen LogP contribution in [0.15, 0.2) is 36.4 Å². The quantitative estimate of drug-likeness (QED) is 0.576. The lowest BCUT2D eigenvalue weighted by Gasteiger charge is -2.07. The smallest absolute Gasteiger partial charge is 0.224 e. The Balaban J connectivity index is 2.25. The molecule has 0 aliphatic carbocycles. The Labute approximate surface area is 114 Å². The summed E-state index contributed by atoms with van der Waals surface area (Å²) < 4.78 is 10.4. The number of benzene rings is 1. The van der Waals surface area contributed by atoms with Gasteiger partial charge in [0, 0.05) is 6.54 Å². The SMILES string of the molecule is C=C(C)COCCNC(=O)Cc1cccc(OC)c1. The van der Waals surface area contributed by atoms with Crippen LogP contribution in [-0.2, 0) is 16.0 Å². The molecule has 0 spiro atoms. The number of hydrogen-bond acceptors (Lipinski definition) is 3. The van der Waals surface area contributed by atoms with Crippen LogP contribution in [0.3, 0.4) is 0 Å². The molecule has 0 radical (unpaired) electrons. The first-order chi connectivity index (χ1) is 9.11. The summed E-state index contributed by atoms with van der Waals surface area (Å²) in [4.78, 5) is 11.7. The zero-order valence-electron chi connectivity index (χ0n) is 11.6. The van der Waals surface area contributed by atoms with E-state index in [-0.39, 0.29) is 5.91 Å². The molecule has 0 atom stereocenters. The zero-order valence-corrected chi connectivity index (χ0v) is 11.6. The maximum atomic E-state index is 11.7. The van der Waals surface area contributed by atoms with E-state index in [1.54, 1.807) is 7.11 Å². The summed E-state index contributed by atoms with van der Waals surface area (Å²) in [6, 6.07) is 7.49. The number of nitrogens with one attached hydrogen (secondary N) is 1. The van der Waals surface area contributed by atoms with Gasteiger partial charge in [-0.1, -0.05) is 24.3 Å². The Morgan fingerprint density at radius 2 is 2.21 bits per heavy atom. The first kappa shape index (κ1) is 15.2. The summed E-state index contributed by atoms with van der Waals surface area (Å²) in [6.07, 6.45) is 0.345. The molecule has 4 nitrogen and oxygen atoms in total. The molecule has 0 bridgehead atoms. The van der Waals surface area contributed by atoms with Gasteiger partial charge in [-0.25, -0.2) is 0 Å². The van der Waals surface area contributed by atoms with Crippen LogP contribution in [0.1, 0.15) is 12.5 Å². The Hall–Kier alpha value is -1.81. The number of methoxy groups -OCH3 is 1. The number of carbonyl (C=O) groups is 1. The minimum absolute atomic E-state index is 0.0211. The second-order valence-corrected chi connectivity index (χ2v) is 4.39. The number of rotatable bonds is 8. The molecule has 1 amide bonds. The van der Waals surface area contributed by atoms with E-state index < -0.39 is 0 Å². The minimum Gasteiger partial charge on any atom is -0.497 e. The van der Waals surface area contributed by atoms with E-state index in [0.29, 0.717) is 26.2 Å². The Kier molecular flexibility index (Phi) is 6.68. The summed E-state index contributed by atoms with van der Waals surface area (Å²) in [6.45, 7) is 7.18. The molecule has 0 saturated carbocycles. The second-order valence-electron chi connectivity index (χ2n) is 4.39. The van der Waals surface area contributed by atoms with Gasteiger partial charge < -0.3 is 14.8 Å². The predicted octanol–water partition coefficient (Wildman–Crippen LogP) is 1.95. The molecule has 0 aromatic heterocycles. The van der Waals surface area contributed by atoms with Crippen LogP contribution in [0.5, 0.6) is 5.75 Å². The molecule has 1 N–H and O–H groups in total. The zero-order chi connectivity index (χ0) is 14.1. The van der Waals surface area contributed by atoms with Crippen molar-refractivity contribution in [1.29, 1.82) is 0 Å². The fraction of sp³-hybridized carbons (Fsp3) is 0.400. The molecule has 0 heterocycles. The fourth-order valence-corrected chi connectivity index (χ4v) is 1.54. The Bertz CT molecular complexity index is 429. The highest BCUT2D eigenvalue weighted by atomic mass is 16.5.